The van der Waals surface area contributed by atoms with Gasteiger partial charge in [0.05, 0.1) is 31.0 Å². The number of nitrogens with one attached hydrogen (secondary N) is 6. The Morgan fingerprint density at radius 3 is 1.79 bits per heavy atom. The van der Waals surface area contributed by atoms with E-state index in [9.17, 15) is 48.6 Å². The van der Waals surface area contributed by atoms with Crippen molar-refractivity contribution >= 4 is 47.1 Å². The van der Waals surface area contributed by atoms with E-state index < -0.39 is 91.3 Å². The highest BCUT2D eigenvalue weighted by Crippen LogP contribution is 2.08. The zero-order valence-electron chi connectivity index (χ0n) is 31.5. The molecule has 0 saturated heterocycles. The van der Waals surface area contributed by atoms with Crippen molar-refractivity contribution in [1.29, 1.82) is 0 Å². The molecule has 1 unspecified atom stereocenters. The molecule has 0 aromatic carbocycles. The molecule has 0 heterocycles. The van der Waals surface area contributed by atoms with Gasteiger partial charge < -0.3 is 59.3 Å². The molecule has 302 valence electrons. The van der Waals surface area contributed by atoms with Crippen LogP contribution in [0.5, 0.6) is 0 Å². The van der Waals surface area contributed by atoms with Gasteiger partial charge in [-0.25, -0.2) is 0 Å². The second-order valence-corrected chi connectivity index (χ2v) is 12.9. The van der Waals surface area contributed by atoms with Crippen LogP contribution in [0.1, 0.15) is 105 Å². The van der Waals surface area contributed by atoms with Crippen LogP contribution in [0.25, 0.3) is 0 Å². The fraction of sp³-hybridized carbons (Fsp3) is 0.706. The lowest BCUT2D eigenvalue weighted by atomic mass is 10.0. The molecule has 0 aromatic heterocycles. The van der Waals surface area contributed by atoms with Gasteiger partial charge in [0.15, 0.2) is 5.78 Å². The monoisotopic (exact) mass is 756 g/mol. The summed E-state index contributed by atoms with van der Waals surface area (Å²) in [5, 5.41) is 34.5. The summed E-state index contributed by atoms with van der Waals surface area (Å²) in [6.45, 7) is 5.16. The summed E-state index contributed by atoms with van der Waals surface area (Å²) in [6, 6.07) is -7.01. The molecular weight excluding hydrogens is 694 g/mol. The summed E-state index contributed by atoms with van der Waals surface area (Å²) in [5.74, 6) is -6.13. The lowest BCUT2D eigenvalue weighted by Crippen LogP contribution is -2.61. The Morgan fingerprint density at radius 1 is 0.679 bits per heavy atom. The number of unbranched alkanes of at least 4 members (excludes halogenated alkanes) is 5. The van der Waals surface area contributed by atoms with E-state index in [-0.39, 0.29) is 36.6 Å². The number of ketones is 1. The molecule has 0 radical (unpaired) electrons. The second-order valence-electron chi connectivity index (χ2n) is 12.9. The third-order valence-corrected chi connectivity index (χ3v) is 8.15. The summed E-state index contributed by atoms with van der Waals surface area (Å²) in [5.41, 5.74) is 14.7. The lowest BCUT2D eigenvalue weighted by molar-refractivity contribution is -0.276. The Morgan fingerprint density at radius 2 is 1.25 bits per heavy atom. The summed E-state index contributed by atoms with van der Waals surface area (Å²) in [6.07, 6.45) is 5.29. The smallest absolute Gasteiger partial charge is 0.245 e. The van der Waals surface area contributed by atoms with Crippen molar-refractivity contribution in [2.24, 2.45) is 11.5 Å². The van der Waals surface area contributed by atoms with Crippen LogP contribution in [-0.2, 0) is 38.4 Å². The van der Waals surface area contributed by atoms with Gasteiger partial charge in [0.2, 0.25) is 41.4 Å². The first-order valence-corrected chi connectivity index (χ1v) is 18.1. The minimum Gasteiger partial charge on any atom is -0.398 e. The maximum Gasteiger partial charge on any atom is 0.245 e. The predicted octanol–water partition coefficient (Wildman–Crippen LogP) is -3.26. The number of nitrogens with two attached hydrogens (primary N) is 2. The molecule has 0 aliphatic heterocycles. The zero-order chi connectivity index (χ0) is 40.5. The van der Waals surface area contributed by atoms with Gasteiger partial charge in [0, 0.05) is 19.3 Å². The van der Waals surface area contributed by atoms with Crippen molar-refractivity contribution in [1.82, 2.24) is 31.9 Å². The Hall–Kier alpha value is -4.62. The first-order chi connectivity index (χ1) is 25.0. The van der Waals surface area contributed by atoms with E-state index in [0.29, 0.717) is 19.3 Å². The standard InChI is InChI=1S/C34H61N9O10/c1-5-7-9-10-11-13-28(48)38-18-29(49)39-26(19-44)33(52)41-24(14-15-27(37)47)31(50)42-25(16-22(36)17-35)32(51)43-30(21(4)46)34(53)40-23(20(3)45)12-8-6-2/h17,21,23-26,30,44,46H,5-16,18-19,35-36H2,1-4H3,(H2,37,47)(H,38,48)(H,39,49)(H,40,53)(H,41,52)(H,42,50)(H,43,51)/p+1/b22-17-/t21?,23-,24+,25-,26-,30-/m0/s1. The van der Waals surface area contributed by atoms with Crippen molar-refractivity contribution in [3.05, 3.63) is 11.9 Å². The van der Waals surface area contributed by atoms with Crippen LogP contribution in [0, 0.1) is 0 Å². The van der Waals surface area contributed by atoms with Gasteiger partial charge in [-0.3, -0.25) is 38.4 Å². The van der Waals surface area contributed by atoms with E-state index in [1.54, 1.807) is 0 Å². The number of amides is 7. The lowest BCUT2D eigenvalue weighted by Gasteiger charge is -2.27. The molecule has 19 nitrogen and oxygen atoms in total. The molecule has 7 amide bonds. The average molecular weight is 757 g/mol. The largest absolute Gasteiger partial charge is 0.398 e. The van der Waals surface area contributed by atoms with E-state index in [2.05, 4.69) is 44.6 Å². The number of aliphatic hydroxyl groups excluding tert-OH is 2. The topological polar surface area (TPSA) is 329 Å². The van der Waals surface area contributed by atoms with Gasteiger partial charge >= 0.3 is 0 Å². The minimum absolute atomic E-state index is 0.0454. The summed E-state index contributed by atoms with van der Waals surface area (Å²) < 4.78 is 0. The molecule has 0 fully saturated rings. The number of aliphatic hydroxyl groups is 2. The first-order valence-electron chi connectivity index (χ1n) is 18.1. The third kappa shape index (κ3) is 20.9. The Balaban J connectivity index is 5.85. The molecule has 0 saturated carbocycles. The predicted molar refractivity (Wildman–Crippen MR) is 193 cm³/mol. The Labute approximate surface area is 310 Å². The highest BCUT2D eigenvalue weighted by molar-refractivity contribution is 5.97. The quantitative estimate of drug-likeness (QED) is 0.0352. The van der Waals surface area contributed by atoms with Crippen LogP contribution < -0.4 is 49.1 Å². The molecule has 0 aliphatic carbocycles. The summed E-state index contributed by atoms with van der Waals surface area (Å²) in [7, 11) is 0. The minimum atomic E-state index is -1.57. The molecule has 0 bridgehead atoms. The number of hydrogen-bond acceptors (Lipinski definition) is 11. The van der Waals surface area contributed by atoms with Crippen LogP contribution in [0.15, 0.2) is 11.9 Å². The molecule has 0 rings (SSSR count). The fourth-order valence-electron chi connectivity index (χ4n) is 4.93. The van der Waals surface area contributed by atoms with Gasteiger partial charge in [0.1, 0.15) is 30.4 Å². The van der Waals surface area contributed by atoms with Gasteiger partial charge in [-0.15, -0.1) is 0 Å². The molecule has 19 heteroatoms. The maximum absolute atomic E-state index is 13.5. The SMILES string of the molecule is CCCCCCCC(=O)NCC(=O)N[C@@H](CO)C(=O)N[C@H](CCC(N)=O)C(=O)N[C@@H](C/C(N)=C/[NH3+])C(=O)N[C@H](C(=O)N[C@@H](CCCC)C(C)=O)C(C)O. The average Bonchev–Trinajstić information content (AvgIpc) is 3.10. The molecule has 0 spiro atoms. The fourth-order valence-corrected chi connectivity index (χ4v) is 4.93. The number of rotatable bonds is 28. The molecule has 53 heavy (non-hydrogen) atoms. The van der Waals surface area contributed by atoms with E-state index in [1.807, 2.05) is 6.92 Å². The molecule has 6 atom stereocenters. The third-order valence-electron chi connectivity index (χ3n) is 8.15. The normalized spacial score (nSPS) is 14.7. The van der Waals surface area contributed by atoms with Crippen LogP contribution >= 0.6 is 0 Å². The van der Waals surface area contributed by atoms with Crippen LogP contribution in [-0.4, -0.2) is 107 Å². The molecule has 0 aliphatic rings. The Bertz CT molecular complexity index is 1260. The van der Waals surface area contributed by atoms with Crippen LogP contribution in [0.3, 0.4) is 0 Å². The molecule has 15 N–H and O–H groups in total. The van der Waals surface area contributed by atoms with Crippen molar-refractivity contribution < 1.29 is 54.3 Å². The molecule has 0 aromatic rings. The van der Waals surface area contributed by atoms with E-state index >= 15 is 0 Å². The number of hydrogen-bond donors (Lipinski definition) is 11. The number of carbonyl (C=O) groups is 8. The zero-order valence-corrected chi connectivity index (χ0v) is 31.5. The van der Waals surface area contributed by atoms with Crippen molar-refractivity contribution in [2.45, 2.75) is 141 Å². The van der Waals surface area contributed by atoms with Gasteiger partial charge in [-0.1, -0.05) is 52.4 Å². The first kappa shape index (κ1) is 48.4. The van der Waals surface area contributed by atoms with Crippen LogP contribution in [0.4, 0.5) is 0 Å². The van der Waals surface area contributed by atoms with Crippen molar-refractivity contribution in [3.63, 3.8) is 0 Å². The van der Waals surface area contributed by atoms with Crippen molar-refractivity contribution in [2.75, 3.05) is 13.2 Å². The van der Waals surface area contributed by atoms with E-state index in [1.165, 1.54) is 20.0 Å². The van der Waals surface area contributed by atoms with Gasteiger partial charge in [-0.05, 0) is 33.1 Å². The maximum atomic E-state index is 13.5. The van der Waals surface area contributed by atoms with Crippen molar-refractivity contribution in [3.8, 4) is 0 Å². The number of quaternary nitrogens is 1. The number of Topliss-reactive ketones (excluding diaryl/α,β-unsaturated/α-hetero) is 1. The highest BCUT2D eigenvalue weighted by atomic mass is 16.3. The highest BCUT2D eigenvalue weighted by Gasteiger charge is 2.34. The number of primary amides is 1. The number of carbonyl (C=O) groups excluding carboxylic acids is 8. The second kappa shape index (κ2) is 27.1. The van der Waals surface area contributed by atoms with Gasteiger partial charge in [-0.2, -0.15) is 0 Å². The van der Waals surface area contributed by atoms with E-state index in [0.717, 1.165) is 32.1 Å². The van der Waals surface area contributed by atoms with Gasteiger partial charge in [0.25, 0.3) is 0 Å². The summed E-state index contributed by atoms with van der Waals surface area (Å²) in [4.78, 5) is 101. The Kier molecular flexibility index (Phi) is 24.7. The van der Waals surface area contributed by atoms with E-state index in [4.69, 9.17) is 11.5 Å². The van der Waals surface area contributed by atoms with Crippen LogP contribution in [0.2, 0.25) is 0 Å². The molecular formula is C34H62N9O10+. The summed E-state index contributed by atoms with van der Waals surface area (Å²) >= 11 is 0.